The molecule has 1 aromatic carbocycles. The maximum Gasteiger partial charge on any atom is 0.101 e. The van der Waals surface area contributed by atoms with Gasteiger partial charge >= 0.3 is 0 Å². The summed E-state index contributed by atoms with van der Waals surface area (Å²) < 4.78 is 0. The summed E-state index contributed by atoms with van der Waals surface area (Å²) in [7, 11) is 0. The Morgan fingerprint density at radius 1 is 1.00 bits per heavy atom. The van der Waals surface area contributed by atoms with Crippen LogP contribution in [0.2, 0.25) is 0 Å². The van der Waals surface area contributed by atoms with Crippen LogP contribution in [0.5, 0.6) is 0 Å². The number of rotatable bonds is 4. The summed E-state index contributed by atoms with van der Waals surface area (Å²) in [5.41, 5.74) is 2.29. The fourth-order valence-electron chi connectivity index (χ4n) is 5.06. The van der Waals surface area contributed by atoms with Crippen LogP contribution in [0.1, 0.15) is 87.3 Å². The summed E-state index contributed by atoms with van der Waals surface area (Å²) in [6.45, 7) is 2.30. The maximum atomic E-state index is 9.29. The van der Waals surface area contributed by atoms with Crippen molar-refractivity contribution < 1.29 is 0 Å². The highest BCUT2D eigenvalue weighted by molar-refractivity contribution is 5.48. The van der Waals surface area contributed by atoms with Gasteiger partial charge < -0.3 is 0 Å². The molecule has 2 aliphatic carbocycles. The maximum absolute atomic E-state index is 9.29. The van der Waals surface area contributed by atoms with Crippen molar-refractivity contribution >= 4 is 0 Å². The predicted octanol–water partition coefficient (Wildman–Crippen LogP) is 6.12. The Morgan fingerprint density at radius 2 is 1.76 bits per heavy atom. The summed E-state index contributed by atoms with van der Waals surface area (Å²) >= 11 is 0. The molecule has 2 atom stereocenters. The number of nitriles is 2. The van der Waals surface area contributed by atoms with Crippen LogP contribution in [0.3, 0.4) is 0 Å². The highest BCUT2D eigenvalue weighted by Crippen LogP contribution is 2.44. The molecular formula is C23H29N2. The number of hydrogen-bond donors (Lipinski definition) is 0. The van der Waals surface area contributed by atoms with E-state index in [1.807, 2.05) is 12.1 Å². The second kappa shape index (κ2) is 8.53. The summed E-state index contributed by atoms with van der Waals surface area (Å²) in [5, 5.41) is 18.4. The number of nitrogens with zero attached hydrogens (tertiary/aromatic N) is 2. The molecule has 1 aromatic rings. The Kier molecular flexibility index (Phi) is 6.14. The summed E-state index contributed by atoms with van der Waals surface area (Å²) in [6, 6.07) is 10.2. The zero-order valence-corrected chi connectivity index (χ0v) is 15.4. The zero-order chi connectivity index (χ0) is 17.6. The van der Waals surface area contributed by atoms with Crippen molar-refractivity contribution in [3.8, 4) is 12.1 Å². The lowest BCUT2D eigenvalue weighted by atomic mass is 9.67. The van der Waals surface area contributed by atoms with Crippen molar-refractivity contribution in [3.63, 3.8) is 0 Å². The van der Waals surface area contributed by atoms with Crippen molar-refractivity contribution in [2.24, 2.45) is 17.8 Å². The smallest absolute Gasteiger partial charge is 0.101 e. The first-order valence-electron chi connectivity index (χ1n) is 10.0. The van der Waals surface area contributed by atoms with Gasteiger partial charge in [0.15, 0.2) is 0 Å². The van der Waals surface area contributed by atoms with Crippen LogP contribution in [0, 0.1) is 46.8 Å². The third kappa shape index (κ3) is 4.24. The Morgan fingerprint density at radius 3 is 2.44 bits per heavy atom. The summed E-state index contributed by atoms with van der Waals surface area (Å²) in [5.74, 6) is 3.12. The highest BCUT2D eigenvalue weighted by Gasteiger charge is 2.32. The molecule has 0 amide bonds. The van der Waals surface area contributed by atoms with Crippen LogP contribution < -0.4 is 0 Å². The van der Waals surface area contributed by atoms with Crippen LogP contribution in [0.15, 0.2) is 18.2 Å². The van der Waals surface area contributed by atoms with Crippen LogP contribution in [0.25, 0.3) is 0 Å². The molecule has 3 rings (SSSR count). The Labute approximate surface area is 152 Å². The fraction of sp³-hybridized carbons (Fsp3) is 0.609. The number of hydrogen-bond acceptors (Lipinski definition) is 2. The van der Waals surface area contributed by atoms with E-state index in [1.165, 1.54) is 63.4 Å². The van der Waals surface area contributed by atoms with Crippen LogP contribution >= 0.6 is 0 Å². The van der Waals surface area contributed by atoms with E-state index in [0.717, 1.165) is 17.8 Å². The second-order valence-corrected chi connectivity index (χ2v) is 8.01. The lowest BCUT2D eigenvalue weighted by Crippen LogP contribution is -2.26. The first-order valence-corrected chi connectivity index (χ1v) is 10.0. The van der Waals surface area contributed by atoms with Crippen molar-refractivity contribution in [3.05, 3.63) is 41.3 Å². The summed E-state index contributed by atoms with van der Waals surface area (Å²) in [6.07, 6.45) is 14.5. The molecular weight excluding hydrogens is 304 g/mol. The van der Waals surface area contributed by atoms with Crippen molar-refractivity contribution in [1.29, 1.82) is 10.5 Å². The molecule has 131 valence electrons. The quantitative estimate of drug-likeness (QED) is 0.666. The molecule has 0 saturated heterocycles. The van der Waals surface area contributed by atoms with Crippen LogP contribution in [-0.2, 0) is 0 Å². The molecule has 2 heteroatoms. The number of benzene rings is 1. The molecule has 0 spiro atoms. The van der Waals surface area contributed by atoms with E-state index < -0.39 is 0 Å². The third-order valence-electron chi connectivity index (χ3n) is 6.49. The average molecular weight is 333 g/mol. The molecule has 2 nitrogen and oxygen atoms in total. The monoisotopic (exact) mass is 333 g/mol. The predicted molar refractivity (Wildman–Crippen MR) is 101 cm³/mol. The van der Waals surface area contributed by atoms with E-state index in [4.69, 9.17) is 5.26 Å². The van der Waals surface area contributed by atoms with Gasteiger partial charge in [-0.2, -0.15) is 10.5 Å². The van der Waals surface area contributed by atoms with Gasteiger partial charge in [-0.1, -0.05) is 38.7 Å². The Balaban J connectivity index is 1.64. The molecule has 0 bridgehead atoms. The van der Waals surface area contributed by atoms with E-state index in [-0.39, 0.29) is 0 Å². The second-order valence-electron chi connectivity index (χ2n) is 8.01. The van der Waals surface area contributed by atoms with Crippen LogP contribution in [-0.4, -0.2) is 0 Å². The highest BCUT2D eigenvalue weighted by atomic mass is 14.4. The van der Waals surface area contributed by atoms with Gasteiger partial charge in [-0.15, -0.1) is 0 Å². The molecule has 2 fully saturated rings. The van der Waals surface area contributed by atoms with Crippen molar-refractivity contribution in [2.75, 3.05) is 0 Å². The van der Waals surface area contributed by atoms with Gasteiger partial charge in [0.2, 0.25) is 0 Å². The Bertz CT molecular complexity index is 656. The lowest BCUT2D eigenvalue weighted by Gasteiger charge is -2.38. The molecule has 0 aromatic heterocycles. The van der Waals surface area contributed by atoms with E-state index >= 15 is 0 Å². The molecule has 0 aliphatic heterocycles. The average Bonchev–Trinajstić information content (AvgIpc) is 2.68. The minimum absolute atomic E-state index is 0.499. The lowest BCUT2D eigenvalue weighted by molar-refractivity contribution is 0.186. The molecule has 25 heavy (non-hydrogen) atoms. The van der Waals surface area contributed by atoms with Crippen molar-refractivity contribution in [2.45, 2.75) is 70.6 Å². The van der Waals surface area contributed by atoms with E-state index in [1.54, 1.807) is 0 Å². The van der Waals surface area contributed by atoms with E-state index in [2.05, 4.69) is 31.5 Å². The third-order valence-corrected chi connectivity index (χ3v) is 6.49. The topological polar surface area (TPSA) is 47.6 Å². The summed E-state index contributed by atoms with van der Waals surface area (Å²) in [4.78, 5) is 0. The first-order chi connectivity index (χ1) is 12.2. The van der Waals surface area contributed by atoms with Gasteiger partial charge in [-0.05, 0) is 79.9 Å². The largest absolute Gasteiger partial charge is 0.192 e. The van der Waals surface area contributed by atoms with Crippen molar-refractivity contribution in [1.82, 2.24) is 0 Å². The Hall–Kier alpha value is -1.80. The van der Waals surface area contributed by atoms with Gasteiger partial charge in [-0.25, -0.2) is 0 Å². The molecule has 1 radical (unpaired) electrons. The molecule has 2 aliphatic rings. The van der Waals surface area contributed by atoms with Gasteiger partial charge in [-0.3, -0.25) is 0 Å². The van der Waals surface area contributed by atoms with Gasteiger partial charge in [0, 0.05) is 0 Å². The van der Waals surface area contributed by atoms with Gasteiger partial charge in [0.05, 0.1) is 11.1 Å². The standard InChI is InChI=1S/C23H29N2/c1-2-4-17-7-9-18(10-8-17)19-5-3-6-20(13-19)21-11-12-22(15-24)23(14-21)16-25/h5,11-12,14,17-20H,2-4,6-10,13H2,1H3. The normalized spacial score (nSPS) is 29.6. The molecule has 0 N–H and O–H groups in total. The van der Waals surface area contributed by atoms with Gasteiger partial charge in [0.25, 0.3) is 0 Å². The van der Waals surface area contributed by atoms with Crippen LogP contribution in [0.4, 0.5) is 0 Å². The molecule has 2 saturated carbocycles. The fourth-order valence-corrected chi connectivity index (χ4v) is 5.06. The minimum Gasteiger partial charge on any atom is -0.192 e. The van der Waals surface area contributed by atoms with E-state index in [9.17, 15) is 5.26 Å². The van der Waals surface area contributed by atoms with Gasteiger partial charge in [0.1, 0.15) is 12.1 Å². The molecule has 2 unspecified atom stereocenters. The zero-order valence-electron chi connectivity index (χ0n) is 15.4. The SMILES string of the molecule is CCCC1CCC(C2[CH]CCC(c3ccc(C#N)c(C#N)c3)C2)CC1. The van der Waals surface area contributed by atoms with E-state index in [0.29, 0.717) is 17.0 Å². The minimum atomic E-state index is 0.499. The molecule has 0 heterocycles. The first kappa shape index (κ1) is 18.0.